The maximum Gasteiger partial charge on any atom is 0.242 e. The Balaban J connectivity index is 1.87. The summed E-state index contributed by atoms with van der Waals surface area (Å²) in [5.74, 6) is 0.610. The Morgan fingerprint density at radius 3 is 2.56 bits per heavy atom. The monoisotopic (exact) mass is 500 g/mol. The fraction of sp³-hybridized carbons (Fsp3) is 0.593. The molecule has 1 heterocycles. The average molecular weight is 501 g/mol. The minimum Gasteiger partial charge on any atom is -0.497 e. The van der Waals surface area contributed by atoms with Gasteiger partial charge in [0.15, 0.2) is 0 Å². The number of carbonyl (C=O) groups excluding carboxylic acids is 2. The van der Waals surface area contributed by atoms with Gasteiger partial charge in [0.2, 0.25) is 11.8 Å². The second-order valence-corrected chi connectivity index (χ2v) is 9.81. The summed E-state index contributed by atoms with van der Waals surface area (Å²) in [6.45, 7) is 7.20. The summed E-state index contributed by atoms with van der Waals surface area (Å²) in [7, 11) is 1.65. The molecule has 0 saturated heterocycles. The first-order valence-corrected chi connectivity index (χ1v) is 13.0. The number of methoxy groups -OCH3 is 1. The van der Waals surface area contributed by atoms with Crippen LogP contribution in [0.25, 0.3) is 10.9 Å². The van der Waals surface area contributed by atoms with Crippen LogP contribution in [0.1, 0.15) is 59.3 Å². The highest BCUT2D eigenvalue weighted by Crippen LogP contribution is 2.28. The quantitative estimate of drug-likeness (QED) is 0.223. The van der Waals surface area contributed by atoms with Gasteiger partial charge in [-0.15, -0.1) is 0 Å². The van der Waals surface area contributed by atoms with Crippen molar-refractivity contribution in [1.29, 1.82) is 0 Å². The maximum absolute atomic E-state index is 12.8. The molecule has 7 N–H and O–H groups in total. The minimum absolute atomic E-state index is 0.160. The number of hydrogen-bond donors (Lipinski definition) is 5. The van der Waals surface area contributed by atoms with Gasteiger partial charge in [-0.05, 0) is 70.0 Å². The summed E-state index contributed by atoms with van der Waals surface area (Å²) >= 11 is 0. The second kappa shape index (κ2) is 15.3. The number of nitrogens with two attached hydrogens (primary N) is 2. The van der Waals surface area contributed by atoms with E-state index < -0.39 is 12.1 Å². The van der Waals surface area contributed by atoms with Gasteiger partial charge < -0.3 is 32.2 Å². The van der Waals surface area contributed by atoms with Crippen molar-refractivity contribution in [2.75, 3.05) is 25.5 Å². The first-order chi connectivity index (χ1) is 17.2. The molecule has 0 aliphatic rings. The number of carbonyl (C=O) groups is 2. The lowest BCUT2D eigenvalue weighted by Gasteiger charge is -2.22. The molecule has 0 spiro atoms. The zero-order valence-corrected chi connectivity index (χ0v) is 22.2. The number of nitrogens with zero attached hydrogens (tertiary/aromatic N) is 1. The maximum atomic E-state index is 12.8. The van der Waals surface area contributed by atoms with Crippen LogP contribution in [-0.4, -0.2) is 55.1 Å². The van der Waals surface area contributed by atoms with Gasteiger partial charge in [-0.25, -0.2) is 0 Å². The Kier molecular flexibility index (Phi) is 12.4. The van der Waals surface area contributed by atoms with Crippen LogP contribution in [0, 0.1) is 5.92 Å². The van der Waals surface area contributed by atoms with Gasteiger partial charge >= 0.3 is 0 Å². The SMILES string of the molecule is COc1cc(NC(C)CCCNC(=O)[C@H](CCCCN)NC(=O)[C@@H](N)CC(C)C)c2ncccc2c1. The number of aromatic nitrogens is 1. The van der Waals surface area contributed by atoms with Gasteiger partial charge in [0.05, 0.1) is 24.4 Å². The van der Waals surface area contributed by atoms with E-state index in [4.69, 9.17) is 16.2 Å². The van der Waals surface area contributed by atoms with E-state index in [9.17, 15) is 9.59 Å². The fourth-order valence-electron chi connectivity index (χ4n) is 4.13. The molecule has 0 radical (unpaired) electrons. The van der Waals surface area contributed by atoms with Gasteiger partial charge in [-0.2, -0.15) is 0 Å². The molecule has 2 rings (SSSR count). The van der Waals surface area contributed by atoms with Crippen molar-refractivity contribution in [1.82, 2.24) is 15.6 Å². The number of anilines is 1. The van der Waals surface area contributed by atoms with E-state index in [0.717, 1.165) is 48.0 Å². The summed E-state index contributed by atoms with van der Waals surface area (Å²) in [5, 5.41) is 10.3. The molecular formula is C27H44N6O3. The lowest BCUT2D eigenvalue weighted by molar-refractivity contribution is -0.130. The molecule has 3 atom stereocenters. The van der Waals surface area contributed by atoms with Crippen LogP contribution in [0.15, 0.2) is 30.5 Å². The number of nitrogens with one attached hydrogen (secondary N) is 3. The molecule has 0 aliphatic carbocycles. The van der Waals surface area contributed by atoms with Crippen LogP contribution >= 0.6 is 0 Å². The normalized spacial score (nSPS) is 13.8. The Morgan fingerprint density at radius 1 is 1.08 bits per heavy atom. The molecule has 200 valence electrons. The Bertz CT molecular complexity index is 968. The highest BCUT2D eigenvalue weighted by atomic mass is 16.5. The smallest absolute Gasteiger partial charge is 0.242 e. The van der Waals surface area contributed by atoms with Crippen LogP contribution in [0.4, 0.5) is 5.69 Å². The van der Waals surface area contributed by atoms with Crippen molar-refractivity contribution in [3.63, 3.8) is 0 Å². The van der Waals surface area contributed by atoms with E-state index in [0.29, 0.717) is 31.8 Å². The molecule has 9 nitrogen and oxygen atoms in total. The summed E-state index contributed by atoms with van der Waals surface area (Å²) in [5.41, 5.74) is 13.4. The van der Waals surface area contributed by atoms with Crippen molar-refractivity contribution in [3.05, 3.63) is 30.5 Å². The minimum atomic E-state index is -0.621. The fourth-order valence-corrected chi connectivity index (χ4v) is 4.13. The summed E-state index contributed by atoms with van der Waals surface area (Å²) in [4.78, 5) is 29.8. The standard InChI is InChI=1S/C27H44N6O3/c1-18(2)15-22(29)26(34)33-23(11-5-6-12-28)27(35)31-14-7-9-19(3)32-24-17-21(36-4)16-20-10-8-13-30-25(20)24/h8,10,13,16-19,22-23,32H,5-7,9,11-12,14-15,28-29H2,1-4H3,(H,31,35)(H,33,34)/t19?,22-,23-/m0/s1. The van der Waals surface area contributed by atoms with Crippen LogP contribution in [0.3, 0.4) is 0 Å². The van der Waals surface area contributed by atoms with Crippen molar-refractivity contribution < 1.29 is 14.3 Å². The second-order valence-electron chi connectivity index (χ2n) is 9.81. The van der Waals surface area contributed by atoms with E-state index in [-0.39, 0.29) is 17.9 Å². The van der Waals surface area contributed by atoms with Crippen LogP contribution in [0.2, 0.25) is 0 Å². The van der Waals surface area contributed by atoms with Gasteiger partial charge in [0, 0.05) is 30.2 Å². The third-order valence-electron chi connectivity index (χ3n) is 6.07. The molecule has 1 aromatic carbocycles. The Hall–Kier alpha value is -2.91. The van der Waals surface area contributed by atoms with Crippen molar-refractivity contribution >= 4 is 28.4 Å². The number of rotatable bonds is 16. The molecule has 9 heteroatoms. The number of amides is 2. The van der Waals surface area contributed by atoms with Crippen molar-refractivity contribution in [3.8, 4) is 5.75 Å². The first kappa shape index (κ1) is 29.3. The third-order valence-corrected chi connectivity index (χ3v) is 6.07. The molecule has 0 aliphatic heterocycles. The van der Waals surface area contributed by atoms with Crippen molar-refractivity contribution in [2.45, 2.75) is 77.4 Å². The van der Waals surface area contributed by atoms with Crippen molar-refractivity contribution in [2.24, 2.45) is 17.4 Å². The third kappa shape index (κ3) is 9.62. The largest absolute Gasteiger partial charge is 0.497 e. The molecule has 2 amide bonds. The number of pyridine rings is 1. The molecular weight excluding hydrogens is 456 g/mol. The van der Waals surface area contributed by atoms with E-state index in [1.54, 1.807) is 13.3 Å². The molecule has 0 bridgehead atoms. The number of ether oxygens (including phenoxy) is 1. The average Bonchev–Trinajstić information content (AvgIpc) is 2.85. The Morgan fingerprint density at radius 2 is 1.86 bits per heavy atom. The van der Waals surface area contributed by atoms with E-state index in [2.05, 4.69) is 27.9 Å². The molecule has 1 aromatic heterocycles. The van der Waals surface area contributed by atoms with Crippen LogP contribution in [-0.2, 0) is 9.59 Å². The molecule has 0 fully saturated rings. The Labute approximate surface area is 215 Å². The topological polar surface area (TPSA) is 144 Å². The summed E-state index contributed by atoms with van der Waals surface area (Å²) in [6.07, 6.45) is 6.08. The van der Waals surface area contributed by atoms with E-state index in [1.807, 2.05) is 38.1 Å². The summed E-state index contributed by atoms with van der Waals surface area (Å²) in [6, 6.07) is 6.76. The number of fused-ring (bicyclic) bond motifs is 1. The lowest BCUT2D eigenvalue weighted by atomic mass is 10.0. The van der Waals surface area contributed by atoms with Gasteiger partial charge in [-0.1, -0.05) is 19.9 Å². The predicted molar refractivity (Wildman–Crippen MR) is 146 cm³/mol. The van der Waals surface area contributed by atoms with Crippen LogP contribution in [0.5, 0.6) is 5.75 Å². The van der Waals surface area contributed by atoms with E-state index in [1.165, 1.54) is 0 Å². The molecule has 36 heavy (non-hydrogen) atoms. The van der Waals surface area contributed by atoms with E-state index >= 15 is 0 Å². The molecule has 1 unspecified atom stereocenters. The first-order valence-electron chi connectivity index (χ1n) is 13.0. The van der Waals surface area contributed by atoms with Gasteiger partial charge in [0.1, 0.15) is 11.8 Å². The van der Waals surface area contributed by atoms with Crippen LogP contribution < -0.4 is 32.2 Å². The predicted octanol–water partition coefficient (Wildman–Crippen LogP) is 2.93. The lowest BCUT2D eigenvalue weighted by Crippen LogP contribution is -2.52. The molecule has 2 aromatic rings. The molecule has 0 saturated carbocycles. The van der Waals surface area contributed by atoms with Gasteiger partial charge in [0.25, 0.3) is 0 Å². The number of hydrogen-bond acceptors (Lipinski definition) is 7. The number of unbranched alkanes of at least 4 members (excludes halogenated alkanes) is 1. The highest BCUT2D eigenvalue weighted by molar-refractivity contribution is 5.92. The summed E-state index contributed by atoms with van der Waals surface area (Å²) < 4.78 is 5.43. The zero-order valence-electron chi connectivity index (χ0n) is 22.2. The highest BCUT2D eigenvalue weighted by Gasteiger charge is 2.23. The number of benzene rings is 1. The zero-order chi connectivity index (χ0) is 26.5. The van der Waals surface area contributed by atoms with Gasteiger partial charge in [-0.3, -0.25) is 14.6 Å².